The minimum Gasteiger partial charge on any atom is -0.367 e. The summed E-state index contributed by atoms with van der Waals surface area (Å²) < 4.78 is 1.70. The van der Waals surface area contributed by atoms with Crippen LogP contribution in [0.25, 0.3) is 5.52 Å². The Balaban J connectivity index is 2.60. The molecule has 0 aliphatic carbocycles. The van der Waals surface area contributed by atoms with Crippen molar-refractivity contribution in [3.8, 4) is 0 Å². The molecule has 0 spiro atoms. The average molecular weight is 192 g/mol. The molecule has 0 amide bonds. The first-order valence-corrected chi connectivity index (χ1v) is 4.48. The molecule has 0 aliphatic heterocycles. The Morgan fingerprint density at radius 1 is 1.50 bits per heavy atom. The molecule has 0 aromatic carbocycles. The molecule has 0 unspecified atom stereocenters. The molecule has 0 saturated heterocycles. The Morgan fingerprint density at radius 2 is 2.36 bits per heavy atom. The molecule has 74 valence electrons. The van der Waals surface area contributed by atoms with Crippen LogP contribution in [0.1, 0.15) is 6.92 Å². The van der Waals surface area contributed by atoms with Gasteiger partial charge in [0, 0.05) is 12.7 Å². The van der Waals surface area contributed by atoms with E-state index in [1.807, 2.05) is 31.3 Å². The second-order valence-corrected chi connectivity index (χ2v) is 2.90. The van der Waals surface area contributed by atoms with Gasteiger partial charge in [0.2, 0.25) is 0 Å². The van der Waals surface area contributed by atoms with Crippen molar-refractivity contribution in [3.63, 3.8) is 0 Å². The second kappa shape index (κ2) is 3.55. The van der Waals surface area contributed by atoms with Gasteiger partial charge in [0.05, 0.1) is 5.52 Å². The maximum atomic E-state index is 8.99. The number of pyridine rings is 1. The molecular formula is C9H12N4O. The fraction of sp³-hybridized carbons (Fsp3) is 0.222. The highest BCUT2D eigenvalue weighted by Crippen LogP contribution is 2.25. The SMILES string of the molecule is CCNc1nn2ccccc2c1NO. The molecule has 0 fully saturated rings. The summed E-state index contributed by atoms with van der Waals surface area (Å²) in [6, 6.07) is 5.66. The van der Waals surface area contributed by atoms with Crippen LogP contribution in [0, 0.1) is 0 Å². The van der Waals surface area contributed by atoms with Crippen LogP contribution in [0.3, 0.4) is 0 Å². The van der Waals surface area contributed by atoms with E-state index >= 15 is 0 Å². The largest absolute Gasteiger partial charge is 0.367 e. The summed E-state index contributed by atoms with van der Waals surface area (Å²) in [5.41, 5.74) is 3.60. The van der Waals surface area contributed by atoms with Crippen LogP contribution >= 0.6 is 0 Å². The number of hydrogen-bond acceptors (Lipinski definition) is 4. The fourth-order valence-corrected chi connectivity index (χ4v) is 1.40. The Morgan fingerprint density at radius 3 is 3.07 bits per heavy atom. The fourth-order valence-electron chi connectivity index (χ4n) is 1.40. The molecule has 14 heavy (non-hydrogen) atoms. The van der Waals surface area contributed by atoms with Crippen molar-refractivity contribution >= 4 is 17.0 Å². The van der Waals surface area contributed by atoms with Gasteiger partial charge in [0.15, 0.2) is 5.82 Å². The highest BCUT2D eigenvalue weighted by molar-refractivity contribution is 5.82. The van der Waals surface area contributed by atoms with Gasteiger partial charge in [-0.3, -0.25) is 10.7 Å². The van der Waals surface area contributed by atoms with Gasteiger partial charge in [0.1, 0.15) is 5.69 Å². The third-order valence-corrected chi connectivity index (χ3v) is 2.00. The van der Waals surface area contributed by atoms with Crippen molar-refractivity contribution < 1.29 is 5.21 Å². The van der Waals surface area contributed by atoms with Crippen molar-refractivity contribution in [3.05, 3.63) is 24.4 Å². The van der Waals surface area contributed by atoms with Gasteiger partial charge >= 0.3 is 0 Å². The third-order valence-electron chi connectivity index (χ3n) is 2.00. The van der Waals surface area contributed by atoms with E-state index in [1.165, 1.54) is 0 Å². The lowest BCUT2D eigenvalue weighted by molar-refractivity contribution is 0.390. The van der Waals surface area contributed by atoms with Crippen LogP contribution in [-0.2, 0) is 0 Å². The van der Waals surface area contributed by atoms with E-state index in [2.05, 4.69) is 15.9 Å². The van der Waals surface area contributed by atoms with E-state index < -0.39 is 0 Å². The summed E-state index contributed by atoms with van der Waals surface area (Å²) >= 11 is 0. The summed E-state index contributed by atoms with van der Waals surface area (Å²) in [4.78, 5) is 0. The van der Waals surface area contributed by atoms with Gasteiger partial charge in [-0.2, -0.15) is 0 Å². The number of aromatic nitrogens is 2. The smallest absolute Gasteiger partial charge is 0.174 e. The van der Waals surface area contributed by atoms with Gasteiger partial charge in [-0.1, -0.05) is 6.07 Å². The normalized spacial score (nSPS) is 10.4. The van der Waals surface area contributed by atoms with Crippen molar-refractivity contribution in [1.29, 1.82) is 0 Å². The van der Waals surface area contributed by atoms with E-state index in [1.54, 1.807) is 4.52 Å². The van der Waals surface area contributed by atoms with Crippen LogP contribution < -0.4 is 10.8 Å². The minimum atomic E-state index is 0.604. The summed E-state index contributed by atoms with van der Waals surface area (Å²) in [6.45, 7) is 2.74. The zero-order valence-corrected chi connectivity index (χ0v) is 7.86. The maximum absolute atomic E-state index is 8.99. The first-order chi connectivity index (χ1) is 6.86. The highest BCUT2D eigenvalue weighted by atomic mass is 16.5. The molecule has 0 saturated carbocycles. The number of nitrogens with one attached hydrogen (secondary N) is 2. The lowest BCUT2D eigenvalue weighted by atomic mass is 10.3. The van der Waals surface area contributed by atoms with Crippen LogP contribution in [0.15, 0.2) is 24.4 Å². The monoisotopic (exact) mass is 192 g/mol. The van der Waals surface area contributed by atoms with E-state index in [-0.39, 0.29) is 0 Å². The van der Waals surface area contributed by atoms with Crippen LogP contribution in [0.5, 0.6) is 0 Å². The summed E-state index contributed by atoms with van der Waals surface area (Å²) in [5.74, 6) is 0.654. The van der Waals surface area contributed by atoms with E-state index in [0.717, 1.165) is 12.1 Å². The van der Waals surface area contributed by atoms with Crippen LogP contribution in [-0.4, -0.2) is 21.4 Å². The van der Waals surface area contributed by atoms with Gasteiger partial charge < -0.3 is 5.32 Å². The Kier molecular flexibility index (Phi) is 2.24. The molecule has 2 aromatic heterocycles. The molecule has 3 N–H and O–H groups in total. The maximum Gasteiger partial charge on any atom is 0.174 e. The molecular weight excluding hydrogens is 180 g/mol. The molecule has 5 nitrogen and oxygen atoms in total. The minimum absolute atomic E-state index is 0.604. The standard InChI is InChI=1S/C9H12N4O/c1-2-10-9-8(12-14)7-5-3-4-6-13(7)11-9/h3-6,12,14H,2H2,1H3,(H,10,11). The van der Waals surface area contributed by atoms with Crippen LogP contribution in [0.4, 0.5) is 11.5 Å². The van der Waals surface area contributed by atoms with Crippen molar-refractivity contribution in [2.45, 2.75) is 6.92 Å². The van der Waals surface area contributed by atoms with Crippen molar-refractivity contribution in [2.24, 2.45) is 0 Å². The third kappa shape index (κ3) is 1.27. The molecule has 5 heteroatoms. The molecule has 2 rings (SSSR count). The number of anilines is 2. The van der Waals surface area contributed by atoms with Gasteiger partial charge in [-0.25, -0.2) is 4.52 Å². The number of fused-ring (bicyclic) bond motifs is 1. The summed E-state index contributed by atoms with van der Waals surface area (Å²) in [5, 5.41) is 16.3. The molecule has 0 atom stereocenters. The zero-order chi connectivity index (χ0) is 9.97. The van der Waals surface area contributed by atoms with Crippen molar-refractivity contribution in [2.75, 3.05) is 17.3 Å². The Bertz CT molecular complexity index is 437. The van der Waals surface area contributed by atoms with Crippen molar-refractivity contribution in [1.82, 2.24) is 9.61 Å². The first-order valence-electron chi connectivity index (χ1n) is 4.48. The molecule has 0 aliphatic rings. The first kappa shape index (κ1) is 8.83. The quantitative estimate of drug-likeness (QED) is 0.646. The number of nitrogens with zero attached hydrogens (tertiary/aromatic N) is 2. The predicted molar refractivity (Wildman–Crippen MR) is 54.8 cm³/mol. The number of rotatable bonds is 3. The molecule has 2 heterocycles. The van der Waals surface area contributed by atoms with Crippen LogP contribution in [0.2, 0.25) is 0 Å². The molecule has 2 aromatic rings. The van der Waals surface area contributed by atoms with E-state index in [9.17, 15) is 0 Å². The Hall–Kier alpha value is -1.75. The topological polar surface area (TPSA) is 61.6 Å². The zero-order valence-electron chi connectivity index (χ0n) is 7.86. The second-order valence-electron chi connectivity index (χ2n) is 2.90. The van der Waals surface area contributed by atoms with Gasteiger partial charge in [0.25, 0.3) is 0 Å². The van der Waals surface area contributed by atoms with E-state index in [4.69, 9.17) is 5.21 Å². The Labute approximate surface area is 81.3 Å². The van der Waals surface area contributed by atoms with Gasteiger partial charge in [-0.15, -0.1) is 5.10 Å². The lowest BCUT2D eigenvalue weighted by Gasteiger charge is -2.00. The summed E-state index contributed by atoms with van der Waals surface area (Å²) in [6.07, 6.45) is 1.83. The molecule has 0 radical (unpaired) electrons. The van der Waals surface area contributed by atoms with E-state index in [0.29, 0.717) is 11.5 Å². The number of hydrogen-bond donors (Lipinski definition) is 3. The summed E-state index contributed by atoms with van der Waals surface area (Å²) in [7, 11) is 0. The lowest BCUT2D eigenvalue weighted by Crippen LogP contribution is -2.00. The van der Waals surface area contributed by atoms with Gasteiger partial charge in [-0.05, 0) is 19.1 Å². The predicted octanol–water partition coefficient (Wildman–Crippen LogP) is 1.57. The average Bonchev–Trinajstić information content (AvgIpc) is 2.55. The molecule has 0 bridgehead atoms. The highest BCUT2D eigenvalue weighted by Gasteiger charge is 2.09.